The smallest absolute Gasteiger partial charge is 0.119 e. The Morgan fingerprint density at radius 1 is 1.19 bits per heavy atom. The minimum atomic E-state index is 0.147. The monoisotopic (exact) mass is 222 g/mol. The molecule has 0 amide bonds. The van der Waals surface area contributed by atoms with Crippen molar-refractivity contribution in [1.29, 1.82) is 0 Å². The number of allylic oxidation sites excluding steroid dienone is 5. The Balaban J connectivity index is 0.00000106. The van der Waals surface area contributed by atoms with E-state index in [1.54, 1.807) is 0 Å². The van der Waals surface area contributed by atoms with Crippen LogP contribution in [0.1, 0.15) is 48.0 Å². The van der Waals surface area contributed by atoms with Gasteiger partial charge in [-0.2, -0.15) is 0 Å². The molecule has 0 bridgehead atoms. The molecular formula is C15H26O. The summed E-state index contributed by atoms with van der Waals surface area (Å²) in [6, 6.07) is 0. The van der Waals surface area contributed by atoms with Crippen LogP contribution in [0.2, 0.25) is 0 Å². The van der Waals surface area contributed by atoms with Gasteiger partial charge in [-0.3, -0.25) is 0 Å². The summed E-state index contributed by atoms with van der Waals surface area (Å²) in [5.41, 5.74) is 1.47. The van der Waals surface area contributed by atoms with Crippen molar-refractivity contribution in [2.24, 2.45) is 5.41 Å². The zero-order valence-corrected chi connectivity index (χ0v) is 11.6. The summed E-state index contributed by atoms with van der Waals surface area (Å²) in [5, 5.41) is 0. The Kier molecular flexibility index (Phi) is 6.87. The van der Waals surface area contributed by atoms with Gasteiger partial charge in [-0.25, -0.2) is 0 Å². The molecule has 1 heteroatoms. The molecule has 0 saturated carbocycles. The van der Waals surface area contributed by atoms with Crippen LogP contribution in [-0.2, 0) is 4.74 Å². The molecule has 1 nitrogen and oxygen atoms in total. The lowest BCUT2D eigenvalue weighted by molar-refractivity contribution is 0.232. The zero-order chi connectivity index (χ0) is 12.6. The summed E-state index contributed by atoms with van der Waals surface area (Å²) in [4.78, 5) is 0. The first kappa shape index (κ1) is 15.0. The summed E-state index contributed by atoms with van der Waals surface area (Å²) < 4.78 is 5.63. The Bertz CT molecular complexity index is 284. The van der Waals surface area contributed by atoms with E-state index in [1.165, 1.54) is 5.57 Å². The van der Waals surface area contributed by atoms with Gasteiger partial charge in [-0.1, -0.05) is 45.9 Å². The lowest BCUT2D eigenvalue weighted by Crippen LogP contribution is -2.15. The molecule has 0 saturated heterocycles. The normalized spacial score (nSPS) is 23.6. The minimum Gasteiger partial charge on any atom is -0.494 e. The number of hydrogen-bond acceptors (Lipinski definition) is 1. The molecule has 0 fully saturated rings. The van der Waals surface area contributed by atoms with E-state index in [4.69, 9.17) is 4.74 Å². The van der Waals surface area contributed by atoms with E-state index < -0.39 is 0 Å². The van der Waals surface area contributed by atoms with Gasteiger partial charge in [0, 0.05) is 5.41 Å². The van der Waals surface area contributed by atoms with Crippen LogP contribution in [0.5, 0.6) is 0 Å². The molecule has 0 aromatic rings. The van der Waals surface area contributed by atoms with Gasteiger partial charge >= 0.3 is 0 Å². The maximum Gasteiger partial charge on any atom is 0.119 e. The molecule has 1 aliphatic rings. The molecule has 1 unspecified atom stereocenters. The van der Waals surface area contributed by atoms with Crippen molar-refractivity contribution >= 4 is 0 Å². The molecule has 1 rings (SSSR count). The largest absolute Gasteiger partial charge is 0.494 e. The van der Waals surface area contributed by atoms with Crippen molar-refractivity contribution in [3.63, 3.8) is 0 Å². The summed E-state index contributed by atoms with van der Waals surface area (Å²) >= 11 is 0. The first-order chi connectivity index (χ1) is 7.64. The molecule has 0 aliphatic heterocycles. The minimum absolute atomic E-state index is 0.147. The lowest BCUT2D eigenvalue weighted by Gasteiger charge is -2.26. The van der Waals surface area contributed by atoms with Crippen LogP contribution >= 0.6 is 0 Å². The van der Waals surface area contributed by atoms with Crippen LogP contribution < -0.4 is 0 Å². The quantitative estimate of drug-likeness (QED) is 0.662. The fourth-order valence-corrected chi connectivity index (χ4v) is 1.64. The van der Waals surface area contributed by atoms with Crippen LogP contribution in [0.4, 0.5) is 0 Å². The molecule has 0 aromatic heterocycles. The molecule has 0 aromatic carbocycles. The van der Waals surface area contributed by atoms with E-state index in [0.29, 0.717) is 0 Å². The van der Waals surface area contributed by atoms with Crippen LogP contribution in [0.3, 0.4) is 0 Å². The molecule has 0 heterocycles. The molecule has 0 radical (unpaired) electrons. The average molecular weight is 222 g/mol. The zero-order valence-electron chi connectivity index (χ0n) is 11.6. The Labute approximate surface area is 101 Å². The van der Waals surface area contributed by atoms with Gasteiger partial charge in [0.1, 0.15) is 5.76 Å². The van der Waals surface area contributed by atoms with Crippen LogP contribution in [0.15, 0.2) is 35.6 Å². The summed E-state index contributed by atoms with van der Waals surface area (Å²) in [6.07, 6.45) is 9.57. The third kappa shape index (κ3) is 3.55. The molecule has 1 aliphatic carbocycles. The second-order valence-electron chi connectivity index (χ2n) is 3.91. The molecule has 92 valence electrons. The maximum absolute atomic E-state index is 5.63. The molecule has 0 N–H and O–H groups in total. The van der Waals surface area contributed by atoms with Crippen molar-refractivity contribution in [2.75, 3.05) is 6.61 Å². The SMILES string of the molecule is CC.CCOC1=C(C)C(C)(CC)C=CC=C1. The van der Waals surface area contributed by atoms with Crippen molar-refractivity contribution < 1.29 is 4.74 Å². The predicted octanol–water partition coefficient (Wildman–Crippen LogP) is 4.87. The van der Waals surface area contributed by atoms with E-state index in [1.807, 2.05) is 20.8 Å². The van der Waals surface area contributed by atoms with Gasteiger partial charge in [-0.15, -0.1) is 0 Å². The summed E-state index contributed by atoms with van der Waals surface area (Å²) in [5.74, 6) is 1.03. The second kappa shape index (κ2) is 7.32. The van der Waals surface area contributed by atoms with Gasteiger partial charge in [0.15, 0.2) is 0 Å². The van der Waals surface area contributed by atoms with E-state index in [2.05, 4.69) is 45.1 Å². The highest BCUT2D eigenvalue weighted by Gasteiger charge is 2.24. The second-order valence-corrected chi connectivity index (χ2v) is 3.91. The maximum atomic E-state index is 5.63. The van der Waals surface area contributed by atoms with Gasteiger partial charge in [-0.05, 0) is 31.9 Å². The average Bonchev–Trinajstić information content (AvgIpc) is 2.46. The number of ether oxygens (including phenoxy) is 1. The van der Waals surface area contributed by atoms with Gasteiger partial charge in [0.2, 0.25) is 0 Å². The molecular weight excluding hydrogens is 196 g/mol. The lowest BCUT2D eigenvalue weighted by atomic mass is 9.80. The highest BCUT2D eigenvalue weighted by atomic mass is 16.5. The van der Waals surface area contributed by atoms with Gasteiger partial charge < -0.3 is 4.74 Å². The molecule has 1 atom stereocenters. The van der Waals surface area contributed by atoms with Crippen molar-refractivity contribution in [3.05, 3.63) is 35.6 Å². The number of hydrogen-bond donors (Lipinski definition) is 0. The van der Waals surface area contributed by atoms with Crippen molar-refractivity contribution in [1.82, 2.24) is 0 Å². The Morgan fingerprint density at radius 2 is 1.81 bits per heavy atom. The van der Waals surface area contributed by atoms with Crippen molar-refractivity contribution in [2.45, 2.75) is 48.0 Å². The van der Waals surface area contributed by atoms with E-state index >= 15 is 0 Å². The Hall–Kier alpha value is -0.980. The third-order valence-electron chi connectivity index (χ3n) is 3.08. The fourth-order valence-electron chi connectivity index (χ4n) is 1.64. The van der Waals surface area contributed by atoms with Crippen LogP contribution in [-0.4, -0.2) is 6.61 Å². The van der Waals surface area contributed by atoms with E-state index in [0.717, 1.165) is 18.8 Å². The summed E-state index contributed by atoms with van der Waals surface area (Å²) in [6.45, 7) is 13.4. The van der Waals surface area contributed by atoms with Crippen molar-refractivity contribution in [3.8, 4) is 0 Å². The first-order valence-electron chi connectivity index (χ1n) is 6.34. The highest BCUT2D eigenvalue weighted by Crippen LogP contribution is 2.36. The topological polar surface area (TPSA) is 9.23 Å². The van der Waals surface area contributed by atoms with Gasteiger partial charge in [0.25, 0.3) is 0 Å². The third-order valence-corrected chi connectivity index (χ3v) is 3.08. The molecule has 16 heavy (non-hydrogen) atoms. The highest BCUT2D eigenvalue weighted by molar-refractivity contribution is 5.33. The summed E-state index contributed by atoms with van der Waals surface area (Å²) in [7, 11) is 0. The van der Waals surface area contributed by atoms with E-state index in [-0.39, 0.29) is 5.41 Å². The fraction of sp³-hybridized carbons (Fsp3) is 0.600. The van der Waals surface area contributed by atoms with Crippen LogP contribution in [0.25, 0.3) is 0 Å². The Morgan fingerprint density at radius 3 is 2.31 bits per heavy atom. The predicted molar refractivity (Wildman–Crippen MR) is 72.4 cm³/mol. The van der Waals surface area contributed by atoms with Crippen LogP contribution in [0, 0.1) is 5.41 Å². The first-order valence-corrected chi connectivity index (χ1v) is 6.34. The standard InChI is InChI=1S/C13H20O.C2H6/c1-5-13(4)10-8-7-9-12(11(13)3)14-6-2;1-2/h7-10H,5-6H2,1-4H3;1-2H3. The van der Waals surface area contributed by atoms with E-state index in [9.17, 15) is 0 Å². The van der Waals surface area contributed by atoms with Gasteiger partial charge in [0.05, 0.1) is 6.61 Å². The number of rotatable bonds is 3. The molecule has 0 spiro atoms.